The van der Waals surface area contributed by atoms with Gasteiger partial charge in [0, 0.05) is 0 Å². The summed E-state index contributed by atoms with van der Waals surface area (Å²) in [5.74, 6) is 0.898. The zero-order valence-electron chi connectivity index (χ0n) is 14.2. The quantitative estimate of drug-likeness (QED) is 0.354. The van der Waals surface area contributed by atoms with Gasteiger partial charge in [-0.05, 0) is 31.8 Å². The zero-order chi connectivity index (χ0) is 15.5. The molecule has 0 atom stereocenters. The van der Waals surface area contributed by atoms with Crippen molar-refractivity contribution >= 4 is 0 Å². The highest BCUT2D eigenvalue weighted by Crippen LogP contribution is 2.05. The van der Waals surface area contributed by atoms with Crippen LogP contribution in [0, 0.1) is 5.92 Å². The average Bonchev–Trinajstić information content (AvgIpc) is 2.31. The molecule has 0 spiro atoms. The van der Waals surface area contributed by atoms with Crippen LogP contribution in [-0.4, -0.2) is 0 Å². The van der Waals surface area contributed by atoms with Gasteiger partial charge in [0.2, 0.25) is 0 Å². The van der Waals surface area contributed by atoms with Crippen LogP contribution in [0.5, 0.6) is 0 Å². The summed E-state index contributed by atoms with van der Waals surface area (Å²) in [7, 11) is 0. The smallest absolute Gasteiger partial charge is 0.0282 e. The van der Waals surface area contributed by atoms with Crippen LogP contribution in [0.25, 0.3) is 0 Å². The van der Waals surface area contributed by atoms with E-state index in [9.17, 15) is 0 Å². The summed E-state index contributed by atoms with van der Waals surface area (Å²) < 4.78 is 0. The molecule has 0 aliphatic heterocycles. The van der Waals surface area contributed by atoms with E-state index < -0.39 is 0 Å². The van der Waals surface area contributed by atoms with Crippen molar-refractivity contribution in [1.29, 1.82) is 0 Å². The van der Waals surface area contributed by atoms with E-state index in [1.165, 1.54) is 24.8 Å². The Morgan fingerprint density at radius 2 is 1.58 bits per heavy atom. The molecule has 19 heavy (non-hydrogen) atoms. The van der Waals surface area contributed by atoms with Crippen molar-refractivity contribution in [2.24, 2.45) is 5.92 Å². The van der Waals surface area contributed by atoms with Crippen LogP contribution in [0.1, 0.15) is 67.2 Å². The van der Waals surface area contributed by atoms with Crippen LogP contribution in [0.4, 0.5) is 0 Å². The minimum Gasteiger partial charge on any atom is -0.103 e. The molecule has 112 valence electrons. The third-order valence-electron chi connectivity index (χ3n) is 2.12. The second-order valence-electron chi connectivity index (χ2n) is 4.82. The molecule has 0 aromatic heterocycles. The van der Waals surface area contributed by atoms with Gasteiger partial charge in [0.25, 0.3) is 0 Å². The van der Waals surface area contributed by atoms with Crippen molar-refractivity contribution in [3.63, 3.8) is 0 Å². The van der Waals surface area contributed by atoms with E-state index in [1.807, 2.05) is 19.9 Å². The molecule has 0 nitrogen and oxygen atoms in total. The Balaban J connectivity index is -0.000000242. The number of rotatable bonds is 6. The highest BCUT2D eigenvalue weighted by Gasteiger charge is 1.86. The van der Waals surface area contributed by atoms with E-state index in [0.717, 1.165) is 12.3 Å². The van der Waals surface area contributed by atoms with Gasteiger partial charge in [-0.1, -0.05) is 83.9 Å². The lowest BCUT2D eigenvalue weighted by Crippen LogP contribution is -1.81. The molecule has 0 saturated heterocycles. The fourth-order valence-electron chi connectivity index (χ4n) is 1.45. The Bertz CT molecular complexity index is 228. The fourth-order valence-corrected chi connectivity index (χ4v) is 1.45. The molecule has 0 aromatic carbocycles. The molecule has 0 fully saturated rings. The maximum absolute atomic E-state index is 3.65. The lowest BCUT2D eigenvalue weighted by Gasteiger charge is -1.95. The molecule has 0 radical (unpaired) electrons. The fraction of sp³-hybridized carbons (Fsp3) is 0.579. The van der Waals surface area contributed by atoms with Gasteiger partial charge in [-0.3, -0.25) is 0 Å². The summed E-state index contributed by atoms with van der Waals surface area (Å²) in [5.41, 5.74) is 1.36. The molecule has 0 saturated carbocycles. The molecule has 0 aromatic rings. The van der Waals surface area contributed by atoms with E-state index >= 15 is 0 Å². The lowest BCUT2D eigenvalue weighted by atomic mass is 10.1. The second kappa shape index (κ2) is 22.2. The van der Waals surface area contributed by atoms with Crippen molar-refractivity contribution in [2.75, 3.05) is 0 Å². The van der Waals surface area contributed by atoms with Gasteiger partial charge in [0.05, 0.1) is 0 Å². The first-order valence-electron chi connectivity index (χ1n) is 7.55. The summed E-state index contributed by atoms with van der Waals surface area (Å²) in [5, 5.41) is 0. The molecule has 0 aliphatic rings. The molecule has 0 unspecified atom stereocenters. The summed E-state index contributed by atoms with van der Waals surface area (Å²) in [6, 6.07) is 0. The summed E-state index contributed by atoms with van der Waals surface area (Å²) in [6.45, 7) is 19.8. The van der Waals surface area contributed by atoms with Gasteiger partial charge in [0.1, 0.15) is 0 Å². The normalized spacial score (nSPS) is 10.4. The third-order valence-corrected chi connectivity index (χ3v) is 2.12. The average molecular weight is 264 g/mol. The molecule has 0 N–H and O–H groups in total. The molecule has 0 heterocycles. The van der Waals surface area contributed by atoms with Gasteiger partial charge in [-0.2, -0.15) is 0 Å². The summed E-state index contributed by atoms with van der Waals surface area (Å²) >= 11 is 0. The van der Waals surface area contributed by atoms with Crippen LogP contribution in [0.3, 0.4) is 0 Å². The molecule has 0 rings (SSSR count). The Morgan fingerprint density at radius 1 is 1.05 bits per heavy atom. The third kappa shape index (κ3) is 31.6. The predicted molar refractivity (Wildman–Crippen MR) is 93.6 cm³/mol. The lowest BCUT2D eigenvalue weighted by molar-refractivity contribution is 0.576. The number of allylic oxidation sites excluding steroid dienone is 6. The van der Waals surface area contributed by atoms with Crippen LogP contribution < -0.4 is 0 Å². The van der Waals surface area contributed by atoms with Crippen LogP contribution in [-0.2, 0) is 0 Å². The molecule has 0 heteroatoms. The first kappa shape index (κ1) is 23.1. The van der Waals surface area contributed by atoms with Gasteiger partial charge in [-0.15, -0.1) is 6.58 Å². The molecular weight excluding hydrogens is 228 g/mol. The SMILES string of the molecule is C=C/C=C(\C=C/C)CCC.C=CC.CCCC(C)C. The molecular formula is C19H36. The Hall–Kier alpha value is -1.04. The van der Waals surface area contributed by atoms with Crippen LogP contribution in [0.15, 0.2) is 49.1 Å². The van der Waals surface area contributed by atoms with Crippen molar-refractivity contribution in [3.8, 4) is 0 Å². The Labute approximate surface area is 123 Å². The van der Waals surface area contributed by atoms with Gasteiger partial charge in [-0.25, -0.2) is 0 Å². The second-order valence-corrected chi connectivity index (χ2v) is 4.82. The standard InChI is InChI=1S/C10H16.C6H14.C3H6/c1-4-7-10(8-5-2)9-6-3;1-4-5-6(2)3;1-3-2/h4-5,7-8H,1,6,9H2,2-3H3;6H,4-5H2,1-3H3;3H,1H2,2H3/b8-5-,10-7+;;. The van der Waals surface area contributed by atoms with E-state index in [-0.39, 0.29) is 0 Å². The van der Waals surface area contributed by atoms with E-state index in [4.69, 9.17) is 0 Å². The predicted octanol–water partition coefficient (Wildman–Crippen LogP) is 7.11. The highest BCUT2D eigenvalue weighted by atomic mass is 13.9. The van der Waals surface area contributed by atoms with Gasteiger partial charge >= 0.3 is 0 Å². The molecule has 0 aliphatic carbocycles. The van der Waals surface area contributed by atoms with E-state index in [1.54, 1.807) is 6.08 Å². The monoisotopic (exact) mass is 264 g/mol. The van der Waals surface area contributed by atoms with Crippen molar-refractivity contribution < 1.29 is 0 Å². The topological polar surface area (TPSA) is 0 Å². The van der Waals surface area contributed by atoms with Crippen molar-refractivity contribution in [1.82, 2.24) is 0 Å². The first-order valence-corrected chi connectivity index (χ1v) is 7.55. The Morgan fingerprint density at radius 3 is 1.79 bits per heavy atom. The van der Waals surface area contributed by atoms with Gasteiger partial charge < -0.3 is 0 Å². The molecule has 0 amide bonds. The summed E-state index contributed by atoms with van der Waals surface area (Å²) in [4.78, 5) is 0. The first-order chi connectivity index (χ1) is 9.03. The summed E-state index contributed by atoms with van der Waals surface area (Å²) in [6.07, 6.45) is 14.9. The minimum atomic E-state index is 0.898. The van der Waals surface area contributed by atoms with Crippen molar-refractivity contribution in [3.05, 3.63) is 49.1 Å². The highest BCUT2D eigenvalue weighted by molar-refractivity contribution is 5.22. The molecule has 0 bridgehead atoms. The maximum atomic E-state index is 3.65. The van der Waals surface area contributed by atoms with Crippen molar-refractivity contribution in [2.45, 2.75) is 67.2 Å². The van der Waals surface area contributed by atoms with E-state index in [2.05, 4.69) is 59.1 Å². The number of hydrogen-bond acceptors (Lipinski definition) is 0. The van der Waals surface area contributed by atoms with Gasteiger partial charge in [0.15, 0.2) is 0 Å². The largest absolute Gasteiger partial charge is 0.103 e. The van der Waals surface area contributed by atoms with E-state index in [0.29, 0.717) is 0 Å². The number of hydrogen-bond donors (Lipinski definition) is 0. The van der Waals surface area contributed by atoms with Crippen LogP contribution in [0.2, 0.25) is 0 Å². The maximum Gasteiger partial charge on any atom is -0.0282 e. The minimum absolute atomic E-state index is 0.898. The zero-order valence-corrected chi connectivity index (χ0v) is 14.2. The van der Waals surface area contributed by atoms with Crippen LogP contribution >= 0.6 is 0 Å². The Kier molecular flexibility index (Phi) is 26.9.